The van der Waals surface area contributed by atoms with Crippen molar-refractivity contribution in [1.82, 2.24) is 9.55 Å². The number of anilines is 2. The highest BCUT2D eigenvalue weighted by atomic mass is 16.7. The van der Waals surface area contributed by atoms with Crippen LogP contribution < -0.4 is 20.5 Å². The van der Waals surface area contributed by atoms with Gasteiger partial charge >= 0.3 is 6.09 Å². The Morgan fingerprint density at radius 2 is 1.90 bits per heavy atom. The second-order valence-electron chi connectivity index (χ2n) is 7.92. The summed E-state index contributed by atoms with van der Waals surface area (Å²) in [6, 6.07) is 12.0. The Balaban J connectivity index is 1.58. The first-order chi connectivity index (χ1) is 14.7. The maximum atomic E-state index is 12.7. The largest absolute Gasteiger partial charge is 0.454 e. The highest BCUT2D eigenvalue weighted by Gasteiger charge is 2.23. The van der Waals surface area contributed by atoms with Crippen LogP contribution in [0.3, 0.4) is 0 Å². The fourth-order valence-electron chi connectivity index (χ4n) is 3.07. The Bertz CT molecular complexity index is 1160. The lowest BCUT2D eigenvalue weighted by Crippen LogP contribution is -2.28. The number of nitrogen functional groups attached to an aromatic ring is 1. The fraction of sp³-hybridized carbons (Fsp3) is 0.227. The van der Waals surface area contributed by atoms with Gasteiger partial charge in [-0.3, -0.25) is 4.79 Å². The summed E-state index contributed by atoms with van der Waals surface area (Å²) in [6.07, 6.45) is 0.852. The molecule has 0 atom stereocenters. The molecule has 0 bridgehead atoms. The van der Waals surface area contributed by atoms with E-state index in [0.717, 1.165) is 0 Å². The molecule has 2 heterocycles. The van der Waals surface area contributed by atoms with Crippen molar-refractivity contribution >= 4 is 23.6 Å². The van der Waals surface area contributed by atoms with Crippen LogP contribution in [0, 0.1) is 0 Å². The van der Waals surface area contributed by atoms with Crippen LogP contribution in [-0.4, -0.2) is 33.9 Å². The van der Waals surface area contributed by atoms with Crippen LogP contribution in [0.4, 0.5) is 16.4 Å². The quantitative estimate of drug-likeness (QED) is 0.657. The van der Waals surface area contributed by atoms with Crippen molar-refractivity contribution in [2.75, 3.05) is 17.8 Å². The number of hydrogen-bond donors (Lipinski definition) is 2. The predicted octanol–water partition coefficient (Wildman–Crippen LogP) is 3.90. The monoisotopic (exact) mass is 422 g/mol. The van der Waals surface area contributed by atoms with Gasteiger partial charge in [0.05, 0.1) is 11.9 Å². The molecular formula is C22H22N4O5. The third-order valence-corrected chi connectivity index (χ3v) is 4.42. The number of imidazole rings is 1. The topological polar surface area (TPSA) is 118 Å². The lowest BCUT2D eigenvalue weighted by molar-refractivity contribution is 0.0543. The minimum Gasteiger partial charge on any atom is -0.454 e. The molecule has 2 aromatic carbocycles. The molecule has 0 saturated carbocycles. The second-order valence-corrected chi connectivity index (χ2v) is 7.92. The second kappa shape index (κ2) is 7.67. The molecule has 4 rings (SSSR count). The van der Waals surface area contributed by atoms with Crippen LogP contribution >= 0.6 is 0 Å². The molecular weight excluding hydrogens is 400 g/mol. The van der Waals surface area contributed by atoms with Gasteiger partial charge in [-0.1, -0.05) is 12.1 Å². The molecule has 160 valence electrons. The van der Waals surface area contributed by atoms with E-state index in [0.29, 0.717) is 34.0 Å². The van der Waals surface area contributed by atoms with Gasteiger partial charge in [-0.15, -0.1) is 0 Å². The van der Waals surface area contributed by atoms with Gasteiger partial charge in [0.1, 0.15) is 5.60 Å². The summed E-state index contributed by atoms with van der Waals surface area (Å²) in [7, 11) is 0. The van der Waals surface area contributed by atoms with Gasteiger partial charge in [-0.25, -0.2) is 14.3 Å². The highest BCUT2D eigenvalue weighted by molar-refractivity contribution is 6.05. The molecule has 0 unspecified atom stereocenters. The molecule has 3 N–H and O–H groups in total. The first-order valence-corrected chi connectivity index (χ1v) is 9.59. The van der Waals surface area contributed by atoms with E-state index in [4.69, 9.17) is 19.9 Å². The maximum Gasteiger partial charge on any atom is 0.421 e. The van der Waals surface area contributed by atoms with Crippen LogP contribution in [0.5, 0.6) is 11.5 Å². The van der Waals surface area contributed by atoms with Crippen molar-refractivity contribution in [3.63, 3.8) is 0 Å². The Kier molecular flexibility index (Phi) is 5.02. The molecule has 0 aliphatic carbocycles. The van der Waals surface area contributed by atoms with Gasteiger partial charge in [-0.2, -0.15) is 0 Å². The summed E-state index contributed by atoms with van der Waals surface area (Å²) in [5.74, 6) is 0.833. The summed E-state index contributed by atoms with van der Waals surface area (Å²) in [4.78, 5) is 29.3. The molecule has 9 heteroatoms. The average Bonchev–Trinajstić information content (AvgIpc) is 3.32. The molecule has 0 radical (unpaired) electrons. The van der Waals surface area contributed by atoms with Crippen molar-refractivity contribution in [2.45, 2.75) is 26.4 Å². The number of aromatic nitrogens is 2. The molecule has 31 heavy (non-hydrogen) atoms. The molecule has 0 spiro atoms. The third-order valence-electron chi connectivity index (χ3n) is 4.42. The van der Waals surface area contributed by atoms with E-state index in [1.807, 2.05) is 0 Å². The summed E-state index contributed by atoms with van der Waals surface area (Å²) >= 11 is 0. The number of hydrogen-bond acceptors (Lipinski definition) is 7. The zero-order valence-electron chi connectivity index (χ0n) is 17.3. The number of benzene rings is 2. The molecule has 0 saturated heterocycles. The minimum atomic E-state index is -0.689. The Hall–Kier alpha value is -4.01. The van der Waals surface area contributed by atoms with E-state index in [1.54, 1.807) is 63.2 Å². The normalized spacial score (nSPS) is 12.5. The van der Waals surface area contributed by atoms with Crippen molar-refractivity contribution in [3.8, 4) is 22.8 Å². The van der Waals surface area contributed by atoms with E-state index in [1.165, 1.54) is 10.8 Å². The number of fused-ring (bicyclic) bond motifs is 1. The number of amides is 1. The van der Waals surface area contributed by atoms with Crippen LogP contribution in [0.25, 0.3) is 11.3 Å². The summed E-state index contributed by atoms with van der Waals surface area (Å²) in [6.45, 7) is 5.44. The fourth-order valence-corrected chi connectivity index (χ4v) is 3.07. The molecule has 1 amide bonds. The van der Waals surface area contributed by atoms with Crippen LogP contribution in [0.1, 0.15) is 31.1 Å². The van der Waals surface area contributed by atoms with E-state index in [-0.39, 0.29) is 18.6 Å². The summed E-state index contributed by atoms with van der Waals surface area (Å²) in [5.41, 5.74) is 7.26. The van der Waals surface area contributed by atoms with Crippen LogP contribution in [0.2, 0.25) is 0 Å². The highest BCUT2D eigenvalue weighted by Crippen LogP contribution is 2.33. The summed E-state index contributed by atoms with van der Waals surface area (Å²) in [5, 5.41) is 2.84. The van der Waals surface area contributed by atoms with Gasteiger partial charge in [0.25, 0.3) is 5.91 Å². The molecule has 3 aromatic rings. The third kappa shape index (κ3) is 4.30. The van der Waals surface area contributed by atoms with Gasteiger partial charge in [0, 0.05) is 16.8 Å². The van der Waals surface area contributed by atoms with Gasteiger partial charge in [0.15, 0.2) is 11.5 Å². The van der Waals surface area contributed by atoms with Crippen LogP contribution in [-0.2, 0) is 4.74 Å². The van der Waals surface area contributed by atoms with Crippen molar-refractivity contribution < 1.29 is 23.8 Å². The van der Waals surface area contributed by atoms with Crippen molar-refractivity contribution in [3.05, 3.63) is 54.2 Å². The van der Waals surface area contributed by atoms with Gasteiger partial charge < -0.3 is 25.3 Å². The SMILES string of the molecule is CC(C)(C)OC(=O)n1c(-c2cccc(NC(=O)c3ccc4c(c3)OCO4)c2)cnc1N. The van der Waals surface area contributed by atoms with E-state index in [9.17, 15) is 9.59 Å². The molecule has 1 aliphatic rings. The number of nitrogens with zero attached hydrogens (tertiary/aromatic N) is 2. The standard InChI is InChI=1S/C22H22N4O5/c1-22(2,3)31-21(28)26-16(11-24-20(26)23)13-5-4-6-15(9-13)25-19(27)14-7-8-17-18(10-14)30-12-29-17/h4-11H,12H2,1-3H3,(H2,23,24)(H,25,27). The molecule has 9 nitrogen and oxygen atoms in total. The maximum absolute atomic E-state index is 12.7. The first kappa shape index (κ1) is 20.3. The Morgan fingerprint density at radius 3 is 2.68 bits per heavy atom. The number of carbonyl (C=O) groups excluding carboxylic acids is 2. The predicted molar refractivity (Wildman–Crippen MR) is 114 cm³/mol. The minimum absolute atomic E-state index is 0.0130. The number of carbonyl (C=O) groups is 2. The lowest BCUT2D eigenvalue weighted by atomic mass is 10.1. The smallest absolute Gasteiger partial charge is 0.421 e. The summed E-state index contributed by atoms with van der Waals surface area (Å²) < 4.78 is 17.2. The lowest BCUT2D eigenvalue weighted by Gasteiger charge is -2.20. The van der Waals surface area contributed by atoms with Crippen LogP contribution in [0.15, 0.2) is 48.7 Å². The average molecular weight is 422 g/mol. The van der Waals surface area contributed by atoms with Gasteiger partial charge in [-0.05, 0) is 51.1 Å². The Labute approximate surface area is 178 Å². The van der Waals surface area contributed by atoms with Crippen molar-refractivity contribution in [2.24, 2.45) is 0 Å². The number of nitrogens with two attached hydrogens (primary N) is 1. The molecule has 0 fully saturated rings. The van der Waals surface area contributed by atoms with Crippen molar-refractivity contribution in [1.29, 1.82) is 0 Å². The molecule has 1 aromatic heterocycles. The van der Waals surface area contributed by atoms with E-state index < -0.39 is 11.7 Å². The number of rotatable bonds is 3. The van der Waals surface area contributed by atoms with Gasteiger partial charge in [0.2, 0.25) is 12.7 Å². The first-order valence-electron chi connectivity index (χ1n) is 9.59. The number of ether oxygens (including phenoxy) is 3. The van der Waals surface area contributed by atoms with E-state index >= 15 is 0 Å². The zero-order valence-corrected chi connectivity index (χ0v) is 17.3. The molecule has 1 aliphatic heterocycles. The van der Waals surface area contributed by atoms with E-state index in [2.05, 4.69) is 10.3 Å². The zero-order chi connectivity index (χ0) is 22.2. The Morgan fingerprint density at radius 1 is 1.13 bits per heavy atom. The number of nitrogens with one attached hydrogen (secondary N) is 1.